The van der Waals surface area contributed by atoms with Gasteiger partial charge in [0.25, 0.3) is 5.91 Å². The number of halogens is 2. The van der Waals surface area contributed by atoms with Crippen molar-refractivity contribution < 1.29 is 14.3 Å². The van der Waals surface area contributed by atoms with Gasteiger partial charge in [0.2, 0.25) is 5.91 Å². The van der Waals surface area contributed by atoms with Crippen molar-refractivity contribution in [1.82, 2.24) is 10.2 Å². The van der Waals surface area contributed by atoms with Crippen molar-refractivity contribution >= 4 is 39.3 Å². The third-order valence-electron chi connectivity index (χ3n) is 7.24. The number of aryl methyl sites for hydroxylation is 2. The predicted molar refractivity (Wildman–Crippen MR) is 160 cm³/mol. The molecule has 206 valence electrons. The first-order valence-electron chi connectivity index (χ1n) is 13.6. The second-order valence-electron chi connectivity index (χ2n) is 10.4. The number of carbonyl (C=O) groups is 2. The fraction of sp³-hybridized carbons (Fsp3) is 0.375. The summed E-state index contributed by atoms with van der Waals surface area (Å²) in [5, 5.41) is 3.85. The van der Waals surface area contributed by atoms with Gasteiger partial charge in [0, 0.05) is 28.5 Å². The summed E-state index contributed by atoms with van der Waals surface area (Å²) in [5.74, 6) is 0.236. The van der Waals surface area contributed by atoms with Gasteiger partial charge in [0.15, 0.2) is 6.61 Å². The van der Waals surface area contributed by atoms with Crippen LogP contribution in [0.15, 0.2) is 71.2 Å². The van der Waals surface area contributed by atoms with Crippen LogP contribution >= 0.6 is 27.5 Å². The highest BCUT2D eigenvalue weighted by Crippen LogP contribution is 2.27. The first-order valence-corrected chi connectivity index (χ1v) is 14.7. The summed E-state index contributed by atoms with van der Waals surface area (Å²) in [6.45, 7) is 4.05. The summed E-state index contributed by atoms with van der Waals surface area (Å²) in [6.07, 6.45) is 5.77. The largest absolute Gasteiger partial charge is 0.484 e. The Labute approximate surface area is 245 Å². The first-order chi connectivity index (χ1) is 18.8. The highest BCUT2D eigenvalue weighted by Gasteiger charge is 2.32. The van der Waals surface area contributed by atoms with Crippen LogP contribution < -0.4 is 10.1 Å². The maximum Gasteiger partial charge on any atom is 0.261 e. The molecule has 1 fully saturated rings. The molecule has 3 aromatic carbocycles. The van der Waals surface area contributed by atoms with Crippen LogP contribution in [-0.4, -0.2) is 35.4 Å². The van der Waals surface area contributed by atoms with Gasteiger partial charge in [0.1, 0.15) is 11.8 Å². The molecule has 0 unspecified atom stereocenters. The lowest BCUT2D eigenvalue weighted by Gasteiger charge is -2.33. The van der Waals surface area contributed by atoms with E-state index in [-0.39, 0.29) is 31.0 Å². The molecule has 1 atom stereocenters. The molecule has 0 aliphatic heterocycles. The number of hydrogen-bond donors (Lipinski definition) is 1. The Morgan fingerprint density at radius 1 is 0.974 bits per heavy atom. The molecule has 0 radical (unpaired) electrons. The van der Waals surface area contributed by atoms with Crippen LogP contribution in [0.1, 0.15) is 54.4 Å². The number of ether oxygens (including phenoxy) is 1. The number of nitrogens with zero attached hydrogens (tertiary/aromatic N) is 1. The van der Waals surface area contributed by atoms with Crippen molar-refractivity contribution in [3.05, 3.63) is 98.5 Å². The van der Waals surface area contributed by atoms with E-state index in [4.69, 9.17) is 16.3 Å². The molecule has 0 bridgehead atoms. The highest BCUT2D eigenvalue weighted by atomic mass is 79.9. The van der Waals surface area contributed by atoms with E-state index in [1.807, 2.05) is 74.5 Å². The molecule has 5 nitrogen and oxygen atoms in total. The lowest BCUT2D eigenvalue weighted by Crippen LogP contribution is -2.53. The predicted octanol–water partition coefficient (Wildman–Crippen LogP) is 7.19. The molecule has 0 spiro atoms. The van der Waals surface area contributed by atoms with Crippen molar-refractivity contribution in [2.24, 2.45) is 0 Å². The van der Waals surface area contributed by atoms with Crippen LogP contribution in [0.4, 0.5) is 0 Å². The van der Waals surface area contributed by atoms with Crippen LogP contribution in [-0.2, 0) is 22.6 Å². The number of rotatable bonds is 10. The number of benzene rings is 3. The summed E-state index contributed by atoms with van der Waals surface area (Å²) < 4.78 is 7.01. The van der Waals surface area contributed by atoms with E-state index in [9.17, 15) is 9.59 Å². The SMILES string of the molecule is Cc1cc(OCC(=O)N(Cc2cccc(Cl)c2)[C@@H](Cc2ccccc2)C(=O)NC2CCCCC2)cc(C)c1Br. The fourth-order valence-corrected chi connectivity index (χ4v) is 5.59. The Bertz CT molecular complexity index is 1250. The summed E-state index contributed by atoms with van der Waals surface area (Å²) in [4.78, 5) is 29.3. The van der Waals surface area contributed by atoms with Gasteiger partial charge < -0.3 is 15.0 Å². The van der Waals surface area contributed by atoms with Crippen molar-refractivity contribution in [2.45, 2.75) is 71.0 Å². The van der Waals surface area contributed by atoms with Crippen LogP contribution in [0.5, 0.6) is 5.75 Å². The minimum atomic E-state index is -0.696. The molecule has 1 N–H and O–H groups in total. The molecule has 1 saturated carbocycles. The molecule has 0 heterocycles. The summed E-state index contributed by atoms with van der Waals surface area (Å²) in [6, 6.07) is 20.5. The molecule has 4 rings (SSSR count). The van der Waals surface area contributed by atoms with Gasteiger partial charge in [-0.1, -0.05) is 89.3 Å². The summed E-state index contributed by atoms with van der Waals surface area (Å²) in [5.41, 5.74) is 3.91. The smallest absolute Gasteiger partial charge is 0.261 e. The van der Waals surface area contributed by atoms with Gasteiger partial charge >= 0.3 is 0 Å². The molecular formula is C32H36BrClN2O3. The lowest BCUT2D eigenvalue weighted by molar-refractivity contribution is -0.143. The van der Waals surface area contributed by atoms with E-state index < -0.39 is 6.04 Å². The molecule has 2 amide bonds. The van der Waals surface area contributed by atoms with Gasteiger partial charge in [-0.2, -0.15) is 0 Å². The van der Waals surface area contributed by atoms with Crippen LogP contribution in [0.3, 0.4) is 0 Å². The third-order valence-corrected chi connectivity index (χ3v) is 8.72. The Hall–Kier alpha value is -2.83. The van der Waals surface area contributed by atoms with Crippen molar-refractivity contribution in [3.8, 4) is 5.75 Å². The molecule has 3 aromatic rings. The standard InChI is InChI=1S/C32H36BrClN2O3/c1-22-16-28(17-23(2)31(22)33)39-21-30(37)36(20-25-12-9-13-26(34)18-25)29(19-24-10-5-3-6-11-24)32(38)35-27-14-7-4-8-15-27/h3,5-6,9-13,16-18,27,29H,4,7-8,14-15,19-21H2,1-2H3,(H,35,38)/t29-/m0/s1. The lowest BCUT2D eigenvalue weighted by atomic mass is 9.94. The number of carbonyl (C=O) groups excluding carboxylic acids is 2. The molecule has 1 aliphatic rings. The van der Waals surface area contributed by atoms with E-state index in [1.54, 1.807) is 11.0 Å². The van der Waals surface area contributed by atoms with Gasteiger partial charge in [-0.15, -0.1) is 0 Å². The van der Waals surface area contributed by atoms with E-state index in [0.29, 0.717) is 17.2 Å². The summed E-state index contributed by atoms with van der Waals surface area (Å²) in [7, 11) is 0. The quantitative estimate of drug-likeness (QED) is 0.264. The first kappa shape index (κ1) is 29.2. The average molecular weight is 612 g/mol. The number of hydrogen-bond acceptors (Lipinski definition) is 3. The Balaban J connectivity index is 1.62. The molecule has 7 heteroatoms. The van der Waals surface area contributed by atoms with Crippen LogP contribution in [0, 0.1) is 13.8 Å². The van der Waals surface area contributed by atoms with Crippen LogP contribution in [0.25, 0.3) is 0 Å². The summed E-state index contributed by atoms with van der Waals surface area (Å²) >= 11 is 9.86. The number of amides is 2. The topological polar surface area (TPSA) is 58.6 Å². The van der Waals surface area contributed by atoms with E-state index in [0.717, 1.165) is 52.4 Å². The Morgan fingerprint density at radius 3 is 2.31 bits per heavy atom. The zero-order chi connectivity index (χ0) is 27.8. The fourth-order valence-electron chi connectivity index (χ4n) is 5.15. The van der Waals surface area contributed by atoms with Crippen molar-refractivity contribution in [3.63, 3.8) is 0 Å². The minimum Gasteiger partial charge on any atom is -0.484 e. The van der Waals surface area contributed by atoms with E-state index in [1.165, 1.54) is 6.42 Å². The second-order valence-corrected chi connectivity index (χ2v) is 11.6. The molecule has 0 aromatic heterocycles. The zero-order valence-electron chi connectivity index (χ0n) is 22.6. The van der Waals surface area contributed by atoms with Crippen molar-refractivity contribution in [2.75, 3.05) is 6.61 Å². The van der Waals surface area contributed by atoms with Gasteiger partial charge in [0.05, 0.1) is 0 Å². The minimum absolute atomic E-state index is 0.128. The van der Waals surface area contributed by atoms with Crippen molar-refractivity contribution in [1.29, 1.82) is 0 Å². The Kier molecular flexibility index (Phi) is 10.5. The maximum atomic E-state index is 13.8. The highest BCUT2D eigenvalue weighted by molar-refractivity contribution is 9.10. The Morgan fingerprint density at radius 2 is 1.64 bits per heavy atom. The zero-order valence-corrected chi connectivity index (χ0v) is 24.9. The van der Waals surface area contributed by atoms with E-state index in [2.05, 4.69) is 21.2 Å². The average Bonchev–Trinajstić information content (AvgIpc) is 2.93. The molecule has 39 heavy (non-hydrogen) atoms. The normalized spacial score (nSPS) is 14.5. The van der Waals surface area contributed by atoms with Crippen LogP contribution in [0.2, 0.25) is 5.02 Å². The monoisotopic (exact) mass is 610 g/mol. The van der Waals surface area contributed by atoms with Gasteiger partial charge in [-0.3, -0.25) is 9.59 Å². The third kappa shape index (κ3) is 8.33. The van der Waals surface area contributed by atoms with Gasteiger partial charge in [-0.05, 0) is 73.2 Å². The van der Waals surface area contributed by atoms with E-state index >= 15 is 0 Å². The molecular weight excluding hydrogens is 576 g/mol. The molecule has 1 aliphatic carbocycles. The maximum absolute atomic E-state index is 13.8. The molecule has 0 saturated heterocycles. The second kappa shape index (κ2) is 14.0. The number of nitrogens with one attached hydrogen (secondary N) is 1. The van der Waals surface area contributed by atoms with Gasteiger partial charge in [-0.25, -0.2) is 0 Å².